The predicted molar refractivity (Wildman–Crippen MR) is 135 cm³/mol. The highest BCUT2D eigenvalue weighted by atomic mass is 35.5. The number of aryl methyl sites for hydroxylation is 1. The van der Waals surface area contributed by atoms with Crippen molar-refractivity contribution >= 4 is 51.0 Å². The number of fused-ring (bicyclic) bond motifs is 3. The lowest BCUT2D eigenvalue weighted by atomic mass is 10.0. The Morgan fingerprint density at radius 3 is 2.79 bits per heavy atom. The summed E-state index contributed by atoms with van der Waals surface area (Å²) < 4.78 is 14.9. The molecule has 174 valence electrons. The summed E-state index contributed by atoms with van der Waals surface area (Å²) in [4.78, 5) is 9.02. The topological polar surface area (TPSA) is 75.2 Å². The highest BCUT2D eigenvalue weighted by Gasteiger charge is 2.50. The van der Waals surface area contributed by atoms with Gasteiger partial charge in [0.1, 0.15) is 23.7 Å². The van der Waals surface area contributed by atoms with Crippen LogP contribution in [-0.4, -0.2) is 32.5 Å². The van der Waals surface area contributed by atoms with Gasteiger partial charge in [-0.05, 0) is 74.2 Å². The Hall–Kier alpha value is -2.64. The molecule has 0 spiro atoms. The zero-order valence-electron chi connectivity index (χ0n) is 18.8. The van der Waals surface area contributed by atoms with Crippen LogP contribution in [0, 0.1) is 0 Å². The molecule has 8 heteroatoms. The predicted octanol–water partition coefficient (Wildman–Crippen LogP) is 6.11. The summed E-state index contributed by atoms with van der Waals surface area (Å²) in [5.74, 6) is -0.339. The molecular formula is C26H24Cl2N4O2. The standard InChI is InChI=1S/C26H24Cl2N4O2/c1-26(2)33-22-16(6-5-14-10-18(27)17-13-19(28)24(29)31-20(17)11-14)12-21(23(22)34-26)32-9-7-15-4-3-8-30-25(15)32/h3-4,7-13,21-23H,5-6H2,1-2H3,(H2,29,31)/t21-,22-,23+/m1/s1. The second-order valence-corrected chi connectivity index (χ2v) is 10.2. The number of pyridine rings is 2. The Morgan fingerprint density at radius 1 is 1.09 bits per heavy atom. The van der Waals surface area contributed by atoms with Crippen molar-refractivity contribution in [3.8, 4) is 0 Å². The number of hydrogen-bond donors (Lipinski definition) is 1. The minimum Gasteiger partial charge on any atom is -0.382 e. The molecule has 1 fully saturated rings. The fourth-order valence-corrected chi connectivity index (χ4v) is 5.58. The van der Waals surface area contributed by atoms with E-state index >= 15 is 0 Å². The maximum atomic E-state index is 6.55. The zero-order valence-corrected chi connectivity index (χ0v) is 20.3. The van der Waals surface area contributed by atoms with Gasteiger partial charge < -0.3 is 19.8 Å². The third kappa shape index (κ3) is 3.66. The number of halogens is 2. The lowest BCUT2D eigenvalue weighted by Gasteiger charge is -2.22. The van der Waals surface area contributed by atoms with Gasteiger partial charge in [-0.15, -0.1) is 0 Å². The van der Waals surface area contributed by atoms with Gasteiger partial charge in [0.15, 0.2) is 5.79 Å². The highest BCUT2D eigenvalue weighted by molar-refractivity contribution is 6.37. The molecule has 6 nitrogen and oxygen atoms in total. The average Bonchev–Trinajstić information content (AvgIpc) is 3.44. The van der Waals surface area contributed by atoms with Crippen molar-refractivity contribution in [2.45, 2.75) is 50.7 Å². The van der Waals surface area contributed by atoms with Crippen LogP contribution in [0.3, 0.4) is 0 Å². The molecule has 4 heterocycles. The molecule has 1 saturated heterocycles. The molecule has 3 aromatic heterocycles. The molecule has 0 unspecified atom stereocenters. The Morgan fingerprint density at radius 2 is 1.94 bits per heavy atom. The number of nitrogens with zero attached hydrogens (tertiary/aromatic N) is 3. The quantitative estimate of drug-likeness (QED) is 0.346. The Labute approximate surface area is 207 Å². The molecule has 0 bridgehead atoms. The van der Waals surface area contributed by atoms with Gasteiger partial charge >= 0.3 is 0 Å². The van der Waals surface area contributed by atoms with E-state index in [2.05, 4.69) is 38.9 Å². The Balaban J connectivity index is 1.32. The molecule has 1 aliphatic carbocycles. The summed E-state index contributed by atoms with van der Waals surface area (Å²) in [7, 11) is 0. The first kappa shape index (κ1) is 21.9. The molecule has 2 N–H and O–H groups in total. The van der Waals surface area contributed by atoms with E-state index < -0.39 is 5.79 Å². The summed E-state index contributed by atoms with van der Waals surface area (Å²) in [6.45, 7) is 3.94. The molecular weight excluding hydrogens is 471 g/mol. The number of ether oxygens (including phenoxy) is 2. The van der Waals surface area contributed by atoms with E-state index in [-0.39, 0.29) is 18.2 Å². The van der Waals surface area contributed by atoms with Gasteiger partial charge in [0, 0.05) is 23.2 Å². The summed E-state index contributed by atoms with van der Waals surface area (Å²) in [5, 5.41) is 2.93. The molecule has 0 saturated carbocycles. The number of nitrogens with two attached hydrogens (primary N) is 1. The lowest BCUT2D eigenvalue weighted by Crippen LogP contribution is -2.27. The van der Waals surface area contributed by atoms with Crippen LogP contribution in [0.25, 0.3) is 21.9 Å². The van der Waals surface area contributed by atoms with Crippen molar-refractivity contribution in [1.29, 1.82) is 0 Å². The third-order valence-corrected chi connectivity index (χ3v) is 7.26. The van der Waals surface area contributed by atoms with Gasteiger partial charge in [0.25, 0.3) is 0 Å². The SMILES string of the molecule is CC1(C)O[C@@H]2[C@H](O1)C(CCc1cc(Cl)c3cc(Cl)c(N)nc3c1)=C[C@H]2n1ccc2cccnc21. The van der Waals surface area contributed by atoms with Crippen molar-refractivity contribution in [1.82, 2.24) is 14.5 Å². The van der Waals surface area contributed by atoms with E-state index in [1.54, 1.807) is 6.07 Å². The first-order chi connectivity index (χ1) is 16.3. The maximum Gasteiger partial charge on any atom is 0.164 e. The molecule has 0 radical (unpaired) electrons. The van der Waals surface area contributed by atoms with Gasteiger partial charge in [-0.2, -0.15) is 0 Å². The van der Waals surface area contributed by atoms with E-state index in [9.17, 15) is 0 Å². The number of hydrogen-bond acceptors (Lipinski definition) is 5. The van der Waals surface area contributed by atoms with Crippen LogP contribution in [0.2, 0.25) is 10.0 Å². The molecule has 0 amide bonds. The van der Waals surface area contributed by atoms with Crippen molar-refractivity contribution < 1.29 is 9.47 Å². The van der Waals surface area contributed by atoms with Crippen molar-refractivity contribution in [3.05, 3.63) is 76.0 Å². The van der Waals surface area contributed by atoms with Crippen LogP contribution in [-0.2, 0) is 15.9 Å². The summed E-state index contributed by atoms with van der Waals surface area (Å²) in [5.41, 5.74) is 9.90. The van der Waals surface area contributed by atoms with Crippen molar-refractivity contribution in [2.75, 3.05) is 5.73 Å². The van der Waals surface area contributed by atoms with Gasteiger partial charge in [-0.1, -0.05) is 29.3 Å². The summed E-state index contributed by atoms with van der Waals surface area (Å²) in [6, 6.07) is 11.9. The zero-order chi connectivity index (χ0) is 23.6. The van der Waals surface area contributed by atoms with E-state index in [0.717, 1.165) is 40.3 Å². The smallest absolute Gasteiger partial charge is 0.164 e. The molecule has 1 aromatic carbocycles. The van der Waals surface area contributed by atoms with Gasteiger partial charge in [-0.25, -0.2) is 9.97 Å². The molecule has 4 aromatic rings. The summed E-state index contributed by atoms with van der Waals surface area (Å²) in [6.07, 6.45) is 7.57. The number of nitrogen functional groups attached to an aromatic ring is 1. The molecule has 1 aliphatic heterocycles. The van der Waals surface area contributed by atoms with E-state index in [1.807, 2.05) is 38.2 Å². The minimum atomic E-state index is -0.642. The molecule has 2 aliphatic rings. The normalized spacial score (nSPS) is 23.5. The maximum absolute atomic E-state index is 6.55. The number of aromatic nitrogens is 3. The van der Waals surface area contributed by atoms with Crippen LogP contribution < -0.4 is 5.73 Å². The molecule has 6 rings (SSSR count). The Bertz CT molecular complexity index is 1460. The molecule has 3 atom stereocenters. The number of benzene rings is 1. The van der Waals surface area contributed by atoms with Crippen LogP contribution in [0.4, 0.5) is 5.82 Å². The van der Waals surface area contributed by atoms with Crippen LogP contribution in [0.15, 0.2) is 60.4 Å². The van der Waals surface area contributed by atoms with Gasteiger partial charge in [0.2, 0.25) is 0 Å². The minimum absolute atomic E-state index is 0.0120. The number of rotatable bonds is 4. The highest BCUT2D eigenvalue weighted by Crippen LogP contribution is 2.45. The largest absolute Gasteiger partial charge is 0.382 e. The lowest BCUT2D eigenvalue weighted by molar-refractivity contribution is -0.147. The van der Waals surface area contributed by atoms with Gasteiger partial charge in [-0.3, -0.25) is 0 Å². The fourth-order valence-electron chi connectivity index (χ4n) is 5.14. The number of anilines is 1. The Kier molecular flexibility index (Phi) is 5.12. The molecule has 34 heavy (non-hydrogen) atoms. The van der Waals surface area contributed by atoms with Crippen molar-refractivity contribution in [2.24, 2.45) is 0 Å². The van der Waals surface area contributed by atoms with E-state index in [1.165, 1.54) is 5.57 Å². The van der Waals surface area contributed by atoms with Crippen LogP contribution in [0.5, 0.6) is 0 Å². The average molecular weight is 495 g/mol. The first-order valence-corrected chi connectivity index (χ1v) is 12.1. The van der Waals surface area contributed by atoms with E-state index in [4.69, 9.17) is 38.4 Å². The second-order valence-electron chi connectivity index (χ2n) is 9.39. The second kappa shape index (κ2) is 7.95. The van der Waals surface area contributed by atoms with Crippen LogP contribution >= 0.6 is 23.2 Å². The van der Waals surface area contributed by atoms with Gasteiger partial charge in [0.05, 0.1) is 21.6 Å². The monoisotopic (exact) mass is 494 g/mol. The summed E-state index contributed by atoms with van der Waals surface area (Å²) >= 11 is 12.7. The van der Waals surface area contributed by atoms with Crippen molar-refractivity contribution in [3.63, 3.8) is 0 Å². The van der Waals surface area contributed by atoms with Crippen LogP contribution in [0.1, 0.15) is 31.9 Å². The fraction of sp³-hybridized carbons (Fsp3) is 0.308. The third-order valence-electron chi connectivity index (χ3n) is 6.64. The van der Waals surface area contributed by atoms with E-state index in [0.29, 0.717) is 15.9 Å². The first-order valence-electron chi connectivity index (χ1n) is 11.3.